The van der Waals surface area contributed by atoms with E-state index in [1.807, 2.05) is 12.1 Å². The highest BCUT2D eigenvalue weighted by molar-refractivity contribution is 5.70. The van der Waals surface area contributed by atoms with E-state index in [-0.39, 0.29) is 6.42 Å². The predicted octanol–water partition coefficient (Wildman–Crippen LogP) is 2.29. The summed E-state index contributed by atoms with van der Waals surface area (Å²) in [7, 11) is 1.59. The number of nitrogens with zero attached hydrogens (tertiary/aromatic N) is 1. The third kappa shape index (κ3) is 2.51. The molecule has 0 spiro atoms. The van der Waals surface area contributed by atoms with Crippen molar-refractivity contribution in [2.24, 2.45) is 0 Å². The Morgan fingerprint density at radius 3 is 2.61 bits per heavy atom. The number of oxazole rings is 1. The van der Waals surface area contributed by atoms with E-state index in [2.05, 4.69) is 4.98 Å². The van der Waals surface area contributed by atoms with Crippen LogP contribution in [0, 0.1) is 6.92 Å². The largest absolute Gasteiger partial charge is 0.497 e. The highest BCUT2D eigenvalue weighted by atomic mass is 16.5. The van der Waals surface area contributed by atoms with Crippen molar-refractivity contribution in [1.82, 2.24) is 4.98 Å². The van der Waals surface area contributed by atoms with Gasteiger partial charge in [0.25, 0.3) is 0 Å². The molecule has 0 radical (unpaired) electrons. The molecule has 1 N–H and O–H groups in total. The minimum absolute atomic E-state index is 0.158. The van der Waals surface area contributed by atoms with Crippen molar-refractivity contribution >= 4 is 5.97 Å². The van der Waals surface area contributed by atoms with E-state index in [1.54, 1.807) is 26.2 Å². The molecule has 0 aliphatic heterocycles. The smallest absolute Gasteiger partial charge is 0.311 e. The van der Waals surface area contributed by atoms with Crippen LogP contribution in [-0.4, -0.2) is 23.2 Å². The van der Waals surface area contributed by atoms with Gasteiger partial charge in [0.05, 0.1) is 12.8 Å². The van der Waals surface area contributed by atoms with Gasteiger partial charge in [0.1, 0.15) is 17.9 Å². The minimum atomic E-state index is -0.935. The fourth-order valence-corrected chi connectivity index (χ4v) is 1.59. The van der Waals surface area contributed by atoms with E-state index in [0.717, 1.165) is 11.3 Å². The van der Waals surface area contributed by atoms with Crippen LogP contribution in [0.4, 0.5) is 0 Å². The van der Waals surface area contributed by atoms with Crippen molar-refractivity contribution in [2.45, 2.75) is 13.3 Å². The number of aliphatic carboxylic acids is 1. The molecular formula is C13H13NO4. The summed E-state index contributed by atoms with van der Waals surface area (Å²) >= 11 is 0. The van der Waals surface area contributed by atoms with Crippen molar-refractivity contribution in [2.75, 3.05) is 7.11 Å². The lowest BCUT2D eigenvalue weighted by Gasteiger charge is -1.99. The van der Waals surface area contributed by atoms with E-state index in [1.165, 1.54) is 0 Å². The number of aromatic nitrogens is 1. The molecule has 0 bridgehead atoms. The number of hydrogen-bond acceptors (Lipinski definition) is 4. The van der Waals surface area contributed by atoms with Gasteiger partial charge in [0.2, 0.25) is 5.89 Å². The zero-order chi connectivity index (χ0) is 13.1. The van der Waals surface area contributed by atoms with Gasteiger partial charge in [0, 0.05) is 5.56 Å². The zero-order valence-electron chi connectivity index (χ0n) is 10.1. The summed E-state index contributed by atoms with van der Waals surface area (Å²) in [5.74, 6) is 0.614. The second kappa shape index (κ2) is 4.91. The number of hydrogen-bond donors (Lipinski definition) is 1. The second-order valence-corrected chi connectivity index (χ2v) is 3.83. The van der Waals surface area contributed by atoms with E-state index in [0.29, 0.717) is 17.3 Å². The van der Waals surface area contributed by atoms with Crippen LogP contribution in [0.5, 0.6) is 5.75 Å². The van der Waals surface area contributed by atoms with Crippen LogP contribution < -0.4 is 4.74 Å². The van der Waals surface area contributed by atoms with Gasteiger partial charge in [0.15, 0.2) is 0 Å². The molecule has 1 heterocycles. The maximum Gasteiger partial charge on any atom is 0.311 e. The van der Waals surface area contributed by atoms with Gasteiger partial charge in [-0.05, 0) is 31.2 Å². The van der Waals surface area contributed by atoms with Gasteiger partial charge < -0.3 is 14.3 Å². The lowest BCUT2D eigenvalue weighted by Crippen LogP contribution is -1.99. The Kier molecular flexibility index (Phi) is 3.32. The quantitative estimate of drug-likeness (QED) is 0.897. The fourth-order valence-electron chi connectivity index (χ4n) is 1.59. The third-order valence-corrected chi connectivity index (χ3v) is 2.54. The van der Waals surface area contributed by atoms with Crippen molar-refractivity contribution < 1.29 is 19.1 Å². The zero-order valence-corrected chi connectivity index (χ0v) is 10.1. The van der Waals surface area contributed by atoms with E-state index in [4.69, 9.17) is 14.3 Å². The number of benzene rings is 1. The van der Waals surface area contributed by atoms with Crippen LogP contribution >= 0.6 is 0 Å². The topological polar surface area (TPSA) is 72.6 Å². The molecule has 0 aliphatic rings. The van der Waals surface area contributed by atoms with Crippen LogP contribution in [0.25, 0.3) is 11.5 Å². The van der Waals surface area contributed by atoms with Crippen LogP contribution in [-0.2, 0) is 11.2 Å². The average Bonchev–Trinajstić information content (AvgIpc) is 2.70. The number of carboxylic acids is 1. The number of rotatable bonds is 4. The Hall–Kier alpha value is -2.30. The van der Waals surface area contributed by atoms with E-state index >= 15 is 0 Å². The fraction of sp³-hybridized carbons (Fsp3) is 0.231. The van der Waals surface area contributed by atoms with E-state index < -0.39 is 5.97 Å². The first-order valence-electron chi connectivity index (χ1n) is 5.42. The van der Waals surface area contributed by atoms with Crippen molar-refractivity contribution in [3.8, 4) is 17.2 Å². The molecule has 0 unspecified atom stereocenters. The molecular weight excluding hydrogens is 234 g/mol. The average molecular weight is 247 g/mol. The summed E-state index contributed by atoms with van der Waals surface area (Å²) in [5.41, 5.74) is 1.39. The molecule has 0 saturated carbocycles. The minimum Gasteiger partial charge on any atom is -0.497 e. The molecule has 2 aromatic rings. The standard InChI is InChI=1S/C13H13NO4/c1-8-11(7-12(15)16)18-13(14-8)9-3-5-10(17-2)6-4-9/h3-6H,7H2,1-2H3,(H,15,16). The monoisotopic (exact) mass is 247 g/mol. The summed E-state index contributed by atoms with van der Waals surface area (Å²) in [6.07, 6.45) is -0.158. The Balaban J connectivity index is 2.30. The first-order chi connectivity index (χ1) is 8.60. The summed E-state index contributed by atoms with van der Waals surface area (Å²) in [5, 5.41) is 8.74. The predicted molar refractivity (Wildman–Crippen MR) is 64.6 cm³/mol. The molecule has 0 amide bonds. The van der Waals surface area contributed by atoms with E-state index in [9.17, 15) is 4.79 Å². The number of aryl methyl sites for hydroxylation is 1. The molecule has 0 aliphatic carbocycles. The highest BCUT2D eigenvalue weighted by Gasteiger charge is 2.14. The number of ether oxygens (including phenoxy) is 1. The van der Waals surface area contributed by atoms with Gasteiger partial charge >= 0.3 is 5.97 Å². The van der Waals surface area contributed by atoms with Crippen molar-refractivity contribution in [3.05, 3.63) is 35.7 Å². The van der Waals surface area contributed by atoms with Crippen molar-refractivity contribution in [1.29, 1.82) is 0 Å². The van der Waals surface area contributed by atoms with Crippen LogP contribution in [0.15, 0.2) is 28.7 Å². The van der Waals surface area contributed by atoms with Crippen molar-refractivity contribution in [3.63, 3.8) is 0 Å². The molecule has 2 rings (SSSR count). The van der Waals surface area contributed by atoms with Gasteiger partial charge in [-0.15, -0.1) is 0 Å². The molecule has 1 aromatic carbocycles. The van der Waals surface area contributed by atoms with Crippen LogP contribution in [0.2, 0.25) is 0 Å². The molecule has 5 heteroatoms. The number of carbonyl (C=O) groups is 1. The highest BCUT2D eigenvalue weighted by Crippen LogP contribution is 2.24. The number of carboxylic acid groups (broad SMARTS) is 1. The molecule has 0 atom stereocenters. The van der Waals surface area contributed by atoms with Gasteiger partial charge in [-0.2, -0.15) is 0 Å². The molecule has 18 heavy (non-hydrogen) atoms. The summed E-state index contributed by atoms with van der Waals surface area (Å²) in [6.45, 7) is 1.73. The Bertz CT molecular complexity index is 557. The lowest BCUT2D eigenvalue weighted by atomic mass is 10.2. The first-order valence-corrected chi connectivity index (χ1v) is 5.42. The van der Waals surface area contributed by atoms with Crippen LogP contribution in [0.1, 0.15) is 11.5 Å². The molecule has 0 fully saturated rings. The lowest BCUT2D eigenvalue weighted by molar-refractivity contribution is -0.136. The maximum absolute atomic E-state index is 10.6. The summed E-state index contributed by atoms with van der Waals surface area (Å²) < 4.78 is 10.5. The third-order valence-electron chi connectivity index (χ3n) is 2.54. The second-order valence-electron chi connectivity index (χ2n) is 3.83. The Labute approximate surface area is 104 Å². The normalized spacial score (nSPS) is 10.3. The summed E-state index contributed by atoms with van der Waals surface area (Å²) in [6, 6.07) is 7.22. The first kappa shape index (κ1) is 12.2. The SMILES string of the molecule is COc1ccc(-c2nc(C)c(CC(=O)O)o2)cc1. The van der Waals surface area contributed by atoms with Gasteiger partial charge in [-0.1, -0.05) is 0 Å². The molecule has 5 nitrogen and oxygen atoms in total. The molecule has 94 valence electrons. The molecule has 0 saturated heterocycles. The Morgan fingerprint density at radius 2 is 2.06 bits per heavy atom. The summed E-state index contributed by atoms with van der Waals surface area (Å²) in [4.78, 5) is 14.9. The Morgan fingerprint density at radius 1 is 1.39 bits per heavy atom. The van der Waals surface area contributed by atoms with Gasteiger partial charge in [-0.25, -0.2) is 4.98 Å². The van der Waals surface area contributed by atoms with Gasteiger partial charge in [-0.3, -0.25) is 4.79 Å². The van der Waals surface area contributed by atoms with Crippen LogP contribution in [0.3, 0.4) is 0 Å². The maximum atomic E-state index is 10.6. The number of methoxy groups -OCH3 is 1. The molecule has 1 aromatic heterocycles.